The van der Waals surface area contributed by atoms with Crippen LogP contribution in [0.5, 0.6) is 5.75 Å². The lowest BCUT2D eigenvalue weighted by molar-refractivity contribution is 0.102. The molecule has 1 heterocycles. The van der Waals surface area contributed by atoms with Crippen LogP contribution in [0.4, 0.5) is 11.4 Å². The molecule has 180 valence electrons. The Morgan fingerprint density at radius 2 is 1.79 bits per heavy atom. The second-order valence-electron chi connectivity index (χ2n) is 7.84. The lowest BCUT2D eigenvalue weighted by Crippen LogP contribution is -2.32. The van der Waals surface area contributed by atoms with Crippen LogP contribution in [0, 0.1) is 0 Å². The molecule has 1 N–H and O–H groups in total. The molecular formula is C24H33N3O4S2. The molecule has 1 aliphatic rings. The van der Waals surface area contributed by atoms with Crippen molar-refractivity contribution >= 4 is 39.1 Å². The summed E-state index contributed by atoms with van der Waals surface area (Å²) in [5.74, 6) is 0.140. The summed E-state index contributed by atoms with van der Waals surface area (Å²) < 4.78 is 33.1. The third kappa shape index (κ3) is 5.65. The first-order valence-electron chi connectivity index (χ1n) is 11.3. The number of methoxy groups -OCH3 is 1. The quantitative estimate of drug-likeness (QED) is 0.513. The smallest absolute Gasteiger partial charge is 0.259 e. The Morgan fingerprint density at radius 3 is 2.39 bits per heavy atom. The van der Waals surface area contributed by atoms with E-state index in [-0.39, 0.29) is 10.8 Å². The van der Waals surface area contributed by atoms with Crippen LogP contribution in [0.15, 0.2) is 46.2 Å². The van der Waals surface area contributed by atoms with Crippen molar-refractivity contribution in [3.8, 4) is 5.75 Å². The number of rotatable bonds is 9. The van der Waals surface area contributed by atoms with Crippen molar-refractivity contribution in [1.29, 1.82) is 0 Å². The molecule has 9 heteroatoms. The summed E-state index contributed by atoms with van der Waals surface area (Å²) in [5.41, 5.74) is 1.73. The summed E-state index contributed by atoms with van der Waals surface area (Å²) in [6, 6.07) is 10.5. The second kappa shape index (κ2) is 11.3. The second-order valence-corrected chi connectivity index (χ2v) is 10.7. The van der Waals surface area contributed by atoms with Crippen molar-refractivity contribution in [3.63, 3.8) is 0 Å². The zero-order valence-electron chi connectivity index (χ0n) is 19.8. The highest BCUT2D eigenvalue weighted by Crippen LogP contribution is 2.33. The first-order valence-corrected chi connectivity index (χ1v) is 13.9. The number of carbonyl (C=O) groups is 1. The van der Waals surface area contributed by atoms with Crippen LogP contribution in [0.25, 0.3) is 0 Å². The van der Waals surface area contributed by atoms with Crippen LogP contribution in [0.2, 0.25) is 0 Å². The summed E-state index contributed by atoms with van der Waals surface area (Å²) in [7, 11) is -2.12. The molecule has 0 aromatic heterocycles. The highest BCUT2D eigenvalue weighted by atomic mass is 32.2. The first-order chi connectivity index (χ1) is 15.8. The minimum absolute atomic E-state index is 0.173. The highest BCUT2D eigenvalue weighted by molar-refractivity contribution is 7.98. The van der Waals surface area contributed by atoms with Gasteiger partial charge in [0.25, 0.3) is 5.91 Å². The van der Waals surface area contributed by atoms with Gasteiger partial charge >= 0.3 is 0 Å². The third-order valence-electron chi connectivity index (χ3n) is 5.91. The average Bonchev–Trinajstić information content (AvgIpc) is 2.84. The lowest BCUT2D eigenvalue weighted by Gasteiger charge is -2.31. The van der Waals surface area contributed by atoms with Crippen molar-refractivity contribution in [3.05, 3.63) is 42.0 Å². The Labute approximate surface area is 201 Å². The van der Waals surface area contributed by atoms with Gasteiger partial charge in [0.15, 0.2) is 0 Å². The molecule has 1 saturated heterocycles. The fraction of sp³-hybridized carbons (Fsp3) is 0.458. The number of anilines is 2. The minimum Gasteiger partial charge on any atom is -0.496 e. The fourth-order valence-electron chi connectivity index (χ4n) is 4.07. The van der Waals surface area contributed by atoms with E-state index in [9.17, 15) is 13.2 Å². The zero-order chi connectivity index (χ0) is 24.0. The molecule has 0 spiro atoms. The van der Waals surface area contributed by atoms with Crippen LogP contribution in [0.3, 0.4) is 0 Å². The standard InChI is InChI=1S/C24H33N3O4S2/c1-5-27(6-2)33(29,30)19-11-13-22(26-14-8-7-9-15-26)21(17-19)25-24(28)20-12-10-18(32-4)16-23(20)31-3/h10-13,16-17H,5-9,14-15H2,1-4H3,(H,25,28). The number of nitrogens with one attached hydrogen (secondary N) is 1. The highest BCUT2D eigenvalue weighted by Gasteiger charge is 2.25. The van der Waals surface area contributed by atoms with Crippen molar-refractivity contribution in [2.45, 2.75) is 42.9 Å². The first kappa shape index (κ1) is 25.4. The summed E-state index contributed by atoms with van der Waals surface area (Å²) in [4.78, 5) is 16.6. The Kier molecular flexibility index (Phi) is 8.67. The molecule has 2 aromatic rings. The maximum absolute atomic E-state index is 13.3. The van der Waals surface area contributed by atoms with Crippen molar-refractivity contribution in [2.24, 2.45) is 0 Å². The molecule has 7 nitrogen and oxygen atoms in total. The van der Waals surface area contributed by atoms with Gasteiger partial charge in [-0.2, -0.15) is 4.31 Å². The Balaban J connectivity index is 2.03. The van der Waals surface area contributed by atoms with Gasteiger partial charge in [-0.15, -0.1) is 11.8 Å². The maximum Gasteiger partial charge on any atom is 0.259 e. The summed E-state index contributed by atoms with van der Waals surface area (Å²) in [5, 5.41) is 2.97. The molecule has 1 fully saturated rings. The number of amides is 1. The largest absolute Gasteiger partial charge is 0.496 e. The van der Waals surface area contributed by atoms with Gasteiger partial charge in [-0.25, -0.2) is 8.42 Å². The van der Waals surface area contributed by atoms with E-state index in [4.69, 9.17) is 4.74 Å². The van der Waals surface area contributed by atoms with Gasteiger partial charge in [0.2, 0.25) is 10.0 Å². The molecule has 0 bridgehead atoms. The van der Waals surface area contributed by atoms with E-state index in [0.717, 1.165) is 36.5 Å². The van der Waals surface area contributed by atoms with Crippen molar-refractivity contribution in [2.75, 3.05) is 49.8 Å². The number of benzene rings is 2. The maximum atomic E-state index is 13.3. The zero-order valence-corrected chi connectivity index (χ0v) is 21.4. The molecule has 1 amide bonds. The SMILES string of the molecule is CCN(CC)S(=O)(=O)c1ccc(N2CCCCC2)c(NC(=O)c2ccc(SC)cc2OC)c1. The molecular weight excluding hydrogens is 458 g/mol. The number of carbonyl (C=O) groups excluding carboxylic acids is 1. The fourth-order valence-corrected chi connectivity index (χ4v) is 5.99. The molecule has 33 heavy (non-hydrogen) atoms. The van der Waals surface area contributed by atoms with E-state index in [1.54, 1.807) is 30.0 Å². The van der Waals surface area contributed by atoms with E-state index in [2.05, 4.69) is 10.2 Å². The van der Waals surface area contributed by atoms with Gasteiger partial charge in [-0.05, 0) is 61.9 Å². The number of ether oxygens (including phenoxy) is 1. The van der Waals surface area contributed by atoms with Gasteiger partial charge in [-0.1, -0.05) is 13.8 Å². The number of nitrogens with zero attached hydrogens (tertiary/aromatic N) is 2. The predicted octanol–water partition coefficient (Wildman–Crippen LogP) is 4.69. The van der Waals surface area contributed by atoms with Gasteiger partial charge < -0.3 is 15.0 Å². The summed E-state index contributed by atoms with van der Waals surface area (Å²) in [6.45, 7) is 6.14. The van der Waals surface area contributed by atoms with Crippen molar-refractivity contribution < 1.29 is 17.9 Å². The monoisotopic (exact) mass is 491 g/mol. The molecule has 0 unspecified atom stereocenters. The van der Waals surface area contributed by atoms with Crippen LogP contribution in [-0.4, -0.2) is 58.2 Å². The molecule has 3 rings (SSSR count). The summed E-state index contributed by atoms with van der Waals surface area (Å²) >= 11 is 1.57. The number of sulfonamides is 1. The van der Waals surface area contributed by atoms with Crippen LogP contribution in [-0.2, 0) is 10.0 Å². The Hall–Kier alpha value is -2.23. The number of piperidine rings is 1. The van der Waals surface area contributed by atoms with Gasteiger partial charge in [0.05, 0.1) is 28.9 Å². The van der Waals surface area contributed by atoms with E-state index in [0.29, 0.717) is 30.1 Å². The molecule has 0 aliphatic carbocycles. The normalized spacial score (nSPS) is 14.4. The van der Waals surface area contributed by atoms with Crippen LogP contribution in [0.1, 0.15) is 43.5 Å². The molecule has 0 saturated carbocycles. The van der Waals surface area contributed by atoms with Crippen LogP contribution >= 0.6 is 11.8 Å². The van der Waals surface area contributed by atoms with E-state index in [1.165, 1.54) is 17.8 Å². The molecule has 0 atom stereocenters. The number of hydrogen-bond acceptors (Lipinski definition) is 6. The van der Waals surface area contributed by atoms with Gasteiger partial charge in [0, 0.05) is 31.1 Å². The van der Waals surface area contributed by atoms with Gasteiger partial charge in [-0.3, -0.25) is 4.79 Å². The molecule has 2 aromatic carbocycles. The third-order valence-corrected chi connectivity index (χ3v) is 8.68. The van der Waals surface area contributed by atoms with E-state index >= 15 is 0 Å². The average molecular weight is 492 g/mol. The van der Waals surface area contributed by atoms with Gasteiger partial charge in [0.1, 0.15) is 5.75 Å². The minimum atomic E-state index is -3.66. The summed E-state index contributed by atoms with van der Waals surface area (Å²) in [6.07, 6.45) is 5.26. The topological polar surface area (TPSA) is 79.0 Å². The van der Waals surface area contributed by atoms with Crippen molar-refractivity contribution in [1.82, 2.24) is 4.31 Å². The Bertz CT molecular complexity index is 1080. The number of hydrogen-bond donors (Lipinski definition) is 1. The van der Waals surface area contributed by atoms with E-state index < -0.39 is 10.0 Å². The Morgan fingerprint density at radius 1 is 1.09 bits per heavy atom. The predicted molar refractivity (Wildman–Crippen MR) is 135 cm³/mol. The number of thioether (sulfide) groups is 1. The molecule has 1 aliphatic heterocycles. The van der Waals surface area contributed by atoms with E-state index in [1.807, 2.05) is 38.3 Å². The van der Waals surface area contributed by atoms with Crippen LogP contribution < -0.4 is 15.0 Å². The lowest BCUT2D eigenvalue weighted by atomic mass is 10.1. The molecule has 0 radical (unpaired) electrons.